The molecule has 0 bridgehead atoms. The Morgan fingerprint density at radius 2 is 1.94 bits per heavy atom. The molecule has 2 rings (SSSR count). The van der Waals surface area contributed by atoms with Gasteiger partial charge in [0, 0.05) is 11.5 Å². The molecule has 0 heterocycles. The normalized spacial score (nSPS) is 10.2. The number of fused-ring (bicyclic) bond motifs is 1. The van der Waals surface area contributed by atoms with E-state index in [1.54, 1.807) is 31.2 Å². The molecule has 0 amide bonds. The summed E-state index contributed by atoms with van der Waals surface area (Å²) >= 11 is 0. The predicted octanol–water partition coefficient (Wildman–Crippen LogP) is 2.38. The van der Waals surface area contributed by atoms with Crippen molar-refractivity contribution in [3.8, 4) is 0 Å². The monoisotopic (exact) mass is 228 g/mol. The molecule has 86 valence electrons. The van der Waals surface area contributed by atoms with Crippen LogP contribution in [0.4, 0.5) is 0 Å². The van der Waals surface area contributed by atoms with Gasteiger partial charge in [-0.3, -0.25) is 4.79 Å². The van der Waals surface area contributed by atoms with Gasteiger partial charge in [0.25, 0.3) is 0 Å². The highest BCUT2D eigenvalue weighted by Gasteiger charge is 2.06. The van der Waals surface area contributed by atoms with Crippen LogP contribution in [0, 0.1) is 0 Å². The van der Waals surface area contributed by atoms with Gasteiger partial charge in [0.1, 0.15) is 0 Å². The number of hydrogen-bond donors (Lipinski definition) is 0. The molecule has 0 saturated heterocycles. The van der Waals surface area contributed by atoms with Crippen molar-refractivity contribution in [3.05, 3.63) is 58.3 Å². The Bertz CT molecular complexity index is 617. The third kappa shape index (κ3) is 2.33. The van der Waals surface area contributed by atoms with E-state index >= 15 is 0 Å². The van der Waals surface area contributed by atoms with Gasteiger partial charge in [-0.25, -0.2) is 4.79 Å². The number of carbonyl (C=O) groups excluding carboxylic acids is 1. The summed E-state index contributed by atoms with van der Waals surface area (Å²) in [7, 11) is 0. The van der Waals surface area contributed by atoms with Crippen LogP contribution in [0.1, 0.15) is 17.3 Å². The van der Waals surface area contributed by atoms with Crippen molar-refractivity contribution in [1.82, 2.24) is 0 Å². The number of rotatable bonds is 2. The second-order valence-corrected chi connectivity index (χ2v) is 3.60. The third-order valence-corrected chi connectivity index (χ3v) is 2.47. The van der Waals surface area contributed by atoms with Crippen LogP contribution in [-0.4, -0.2) is 12.6 Å². The van der Waals surface area contributed by atoms with E-state index in [9.17, 15) is 9.59 Å². The largest absolute Gasteiger partial charge is 0.462 e. The first-order valence-electron chi connectivity index (χ1n) is 5.42. The summed E-state index contributed by atoms with van der Waals surface area (Å²) in [6, 6.07) is 11.9. The Labute approximate surface area is 98.7 Å². The average Bonchev–Trinajstić information content (AvgIpc) is 2.50. The lowest BCUT2D eigenvalue weighted by Gasteiger charge is -1.97. The van der Waals surface area contributed by atoms with Crippen molar-refractivity contribution in [1.29, 1.82) is 0 Å². The standard InChI is InChI=1S/C14H12O3/c1-2-17-14(16)11-8-7-10-5-3-4-6-12(10)13(15)9-11/h3-9H,2H2,1H3. The molecule has 0 saturated carbocycles. The molecule has 2 aromatic rings. The molecule has 0 aromatic heterocycles. The molecule has 0 radical (unpaired) electrons. The second kappa shape index (κ2) is 4.78. The molecule has 0 aliphatic rings. The summed E-state index contributed by atoms with van der Waals surface area (Å²) in [5, 5.41) is 1.41. The number of carbonyl (C=O) groups is 1. The SMILES string of the molecule is CCOC(=O)c1ccc2ccccc2c(=O)c1. The van der Waals surface area contributed by atoms with Crippen LogP contribution >= 0.6 is 0 Å². The molecule has 0 aliphatic carbocycles. The number of benzene rings is 1. The van der Waals surface area contributed by atoms with E-state index in [-0.39, 0.29) is 11.0 Å². The molecule has 2 aromatic carbocycles. The lowest BCUT2D eigenvalue weighted by molar-refractivity contribution is 0.0526. The molecule has 3 heteroatoms. The van der Waals surface area contributed by atoms with Crippen LogP contribution in [0.25, 0.3) is 10.8 Å². The van der Waals surface area contributed by atoms with Crippen molar-refractivity contribution < 1.29 is 9.53 Å². The van der Waals surface area contributed by atoms with Crippen LogP contribution in [0.2, 0.25) is 0 Å². The second-order valence-electron chi connectivity index (χ2n) is 3.60. The van der Waals surface area contributed by atoms with Crippen molar-refractivity contribution >= 4 is 16.7 Å². The van der Waals surface area contributed by atoms with Crippen molar-refractivity contribution in [2.75, 3.05) is 6.61 Å². The maximum Gasteiger partial charge on any atom is 0.338 e. The Hall–Kier alpha value is -2.16. The van der Waals surface area contributed by atoms with Gasteiger partial charge in [-0.2, -0.15) is 0 Å². The lowest BCUT2D eigenvalue weighted by atomic mass is 10.2. The first-order chi connectivity index (χ1) is 8.22. The minimum Gasteiger partial charge on any atom is -0.462 e. The van der Waals surface area contributed by atoms with Crippen LogP contribution in [0.15, 0.2) is 47.3 Å². The van der Waals surface area contributed by atoms with Crippen LogP contribution in [0.5, 0.6) is 0 Å². The molecular weight excluding hydrogens is 216 g/mol. The molecule has 3 nitrogen and oxygen atoms in total. The van der Waals surface area contributed by atoms with Crippen molar-refractivity contribution in [2.24, 2.45) is 0 Å². The number of esters is 1. The molecule has 0 aliphatic heterocycles. The summed E-state index contributed by atoms with van der Waals surface area (Å²) in [6.45, 7) is 2.03. The smallest absolute Gasteiger partial charge is 0.338 e. The van der Waals surface area contributed by atoms with E-state index in [0.29, 0.717) is 12.0 Å². The van der Waals surface area contributed by atoms with Gasteiger partial charge in [-0.15, -0.1) is 0 Å². The molecule has 0 fully saturated rings. The summed E-state index contributed by atoms with van der Waals surface area (Å²) < 4.78 is 4.87. The molecule has 0 unspecified atom stereocenters. The Morgan fingerprint density at radius 1 is 1.18 bits per heavy atom. The summed E-state index contributed by atoms with van der Waals surface area (Å²) in [4.78, 5) is 23.5. The van der Waals surface area contributed by atoms with E-state index in [2.05, 4.69) is 0 Å². The van der Waals surface area contributed by atoms with Crippen LogP contribution in [0.3, 0.4) is 0 Å². The maximum absolute atomic E-state index is 11.9. The third-order valence-electron chi connectivity index (χ3n) is 2.47. The number of ether oxygens (including phenoxy) is 1. The van der Waals surface area contributed by atoms with Gasteiger partial charge in [0.05, 0.1) is 12.2 Å². The van der Waals surface area contributed by atoms with Crippen LogP contribution < -0.4 is 5.43 Å². The Balaban J connectivity index is 2.64. The highest BCUT2D eigenvalue weighted by atomic mass is 16.5. The van der Waals surface area contributed by atoms with Gasteiger partial charge in [0.15, 0.2) is 5.43 Å². The summed E-state index contributed by atoms with van der Waals surface area (Å²) in [5.41, 5.74) is 0.113. The number of hydrogen-bond acceptors (Lipinski definition) is 3. The highest BCUT2D eigenvalue weighted by Crippen LogP contribution is 2.09. The fraction of sp³-hybridized carbons (Fsp3) is 0.143. The topological polar surface area (TPSA) is 43.4 Å². The Kier molecular flexibility index (Phi) is 3.19. The lowest BCUT2D eigenvalue weighted by Crippen LogP contribution is -2.06. The zero-order valence-electron chi connectivity index (χ0n) is 9.47. The average molecular weight is 228 g/mol. The van der Waals surface area contributed by atoms with E-state index in [0.717, 1.165) is 5.39 Å². The quantitative estimate of drug-likeness (QED) is 0.741. The van der Waals surface area contributed by atoms with Gasteiger partial charge in [0.2, 0.25) is 0 Å². The minimum atomic E-state index is -0.468. The van der Waals surface area contributed by atoms with Gasteiger partial charge < -0.3 is 4.74 Å². The zero-order chi connectivity index (χ0) is 12.3. The Morgan fingerprint density at radius 3 is 2.71 bits per heavy atom. The van der Waals surface area contributed by atoms with Crippen LogP contribution in [-0.2, 0) is 4.74 Å². The highest BCUT2D eigenvalue weighted by molar-refractivity contribution is 5.91. The van der Waals surface area contributed by atoms with E-state index < -0.39 is 5.97 Å². The van der Waals surface area contributed by atoms with E-state index in [1.165, 1.54) is 6.07 Å². The van der Waals surface area contributed by atoms with E-state index in [1.807, 2.05) is 12.1 Å². The molecular formula is C14H12O3. The fourth-order valence-corrected chi connectivity index (χ4v) is 1.65. The molecule has 0 atom stereocenters. The molecule has 0 N–H and O–H groups in total. The van der Waals surface area contributed by atoms with Gasteiger partial charge >= 0.3 is 5.97 Å². The minimum absolute atomic E-state index is 0.173. The zero-order valence-corrected chi connectivity index (χ0v) is 9.47. The predicted molar refractivity (Wildman–Crippen MR) is 66.2 cm³/mol. The first kappa shape index (κ1) is 11.3. The first-order valence-corrected chi connectivity index (χ1v) is 5.42. The van der Waals surface area contributed by atoms with Crippen molar-refractivity contribution in [2.45, 2.75) is 6.92 Å². The van der Waals surface area contributed by atoms with Gasteiger partial charge in [-0.1, -0.05) is 30.3 Å². The van der Waals surface area contributed by atoms with Crippen molar-refractivity contribution in [3.63, 3.8) is 0 Å². The molecule has 0 spiro atoms. The molecule has 17 heavy (non-hydrogen) atoms. The maximum atomic E-state index is 11.9. The van der Waals surface area contributed by atoms with E-state index in [4.69, 9.17) is 4.74 Å². The fourth-order valence-electron chi connectivity index (χ4n) is 1.65. The summed E-state index contributed by atoms with van der Waals surface area (Å²) in [6.07, 6.45) is 0. The van der Waals surface area contributed by atoms with Gasteiger partial charge in [-0.05, 0) is 18.4 Å². The summed E-state index contributed by atoms with van der Waals surface area (Å²) in [5.74, 6) is -0.468.